The second-order valence-corrected chi connectivity index (χ2v) is 19.4. The molecule has 0 bridgehead atoms. The van der Waals surface area contributed by atoms with Crippen LogP contribution in [0.4, 0.5) is 15.3 Å². The Labute approximate surface area is 383 Å². The van der Waals surface area contributed by atoms with Crippen molar-refractivity contribution in [3.05, 3.63) is 89.0 Å². The quantitative estimate of drug-likeness (QED) is 0.163. The fourth-order valence-electron chi connectivity index (χ4n) is 9.51. The minimum atomic E-state index is -0.802. The fourth-order valence-corrected chi connectivity index (χ4v) is 9.51. The van der Waals surface area contributed by atoms with E-state index < -0.39 is 36.4 Å². The van der Waals surface area contributed by atoms with Crippen molar-refractivity contribution in [2.24, 2.45) is 11.8 Å². The molecule has 0 radical (unpaired) electrons. The standard InChI is InChI=1S/C50H67N7O8/c1-30(2)44(53-48(62)64-8)46(60)55-24-10-12-40(55)42(58)26-35-18-14-32(28-51-35)38-22-23-39(57(38)37-20-16-34(17-21-37)50(5,6)7)33-15-19-36(52-29-33)27-43(59)41-13-11-25-56(41)47(61)45(31(3)4)54-49(63)65-9/h14-21,28-31,38-41,44-45H,10-13,22-27H2,1-9H3,(H,53,62)(H,54,63)/t38?,39?,40-,41-,44-,45-/m0/s1. The highest BCUT2D eigenvalue weighted by Crippen LogP contribution is 2.47. The van der Waals surface area contributed by atoms with Crippen LogP contribution in [-0.2, 0) is 46.9 Å². The van der Waals surface area contributed by atoms with E-state index in [1.165, 1.54) is 19.8 Å². The Bertz CT molecular complexity index is 2050. The topological polar surface area (TPSA) is 180 Å². The molecule has 0 saturated carbocycles. The molecule has 6 rings (SSSR count). The molecule has 3 fully saturated rings. The molecular formula is C50H67N7O8. The number of rotatable bonds is 15. The zero-order valence-corrected chi connectivity index (χ0v) is 39.5. The van der Waals surface area contributed by atoms with Crippen molar-refractivity contribution in [3.63, 3.8) is 0 Å². The third-order valence-corrected chi connectivity index (χ3v) is 13.2. The Hall–Kier alpha value is -5.86. The van der Waals surface area contributed by atoms with Gasteiger partial charge in [-0.05, 0) is 96.7 Å². The zero-order chi connectivity index (χ0) is 47.2. The highest BCUT2D eigenvalue weighted by Gasteiger charge is 2.41. The lowest BCUT2D eigenvalue weighted by Crippen LogP contribution is -2.53. The smallest absolute Gasteiger partial charge is 0.407 e. The maximum atomic E-state index is 13.7. The number of alkyl carbamates (subject to hydrolysis) is 2. The first-order chi connectivity index (χ1) is 30.9. The molecule has 15 nitrogen and oxygen atoms in total. The highest BCUT2D eigenvalue weighted by atomic mass is 16.5. The van der Waals surface area contributed by atoms with Crippen LogP contribution in [0.25, 0.3) is 0 Å². The van der Waals surface area contributed by atoms with E-state index in [0.717, 1.165) is 29.7 Å². The minimum Gasteiger partial charge on any atom is -0.453 e. The SMILES string of the molecule is COC(=O)N[C@H](C(=O)N1CCC[C@H]1C(=O)Cc1ccc(C2CCC(c3ccc(CC(=O)[C@@H]4CCCN4C(=O)[C@@H](NC(=O)OC)C(C)C)nc3)N2c2ccc(C(C)(C)C)cc2)cn1)C(C)C. The summed E-state index contributed by atoms with van der Waals surface area (Å²) in [7, 11) is 2.51. The van der Waals surface area contributed by atoms with E-state index in [-0.39, 0.29) is 65.6 Å². The van der Waals surface area contributed by atoms with Gasteiger partial charge in [0.05, 0.1) is 51.2 Å². The Morgan fingerprint density at radius 3 is 1.38 bits per heavy atom. The van der Waals surface area contributed by atoms with E-state index in [2.05, 4.69) is 60.6 Å². The summed E-state index contributed by atoms with van der Waals surface area (Å²) >= 11 is 0. The lowest BCUT2D eigenvalue weighted by molar-refractivity contribution is -0.140. The van der Waals surface area contributed by atoms with Gasteiger partial charge < -0.3 is 34.8 Å². The maximum absolute atomic E-state index is 13.7. The first-order valence-electron chi connectivity index (χ1n) is 23.1. The average Bonchev–Trinajstić information content (AvgIpc) is 4.08. The number of nitrogens with one attached hydrogen (secondary N) is 2. The van der Waals surface area contributed by atoms with Crippen molar-refractivity contribution >= 4 is 41.3 Å². The number of Topliss-reactive ketones (excluding diaryl/α,β-unsaturated/α-hetero) is 2. The van der Waals surface area contributed by atoms with Crippen LogP contribution in [0.2, 0.25) is 0 Å². The van der Waals surface area contributed by atoms with Crippen LogP contribution in [0, 0.1) is 11.8 Å². The van der Waals surface area contributed by atoms with Crippen molar-refractivity contribution in [1.82, 2.24) is 30.4 Å². The highest BCUT2D eigenvalue weighted by molar-refractivity contribution is 5.94. The van der Waals surface area contributed by atoms with Crippen molar-refractivity contribution < 1.29 is 38.2 Å². The van der Waals surface area contributed by atoms with Gasteiger partial charge in [-0.25, -0.2) is 9.59 Å². The molecule has 5 heterocycles. The first kappa shape index (κ1) is 48.6. The van der Waals surface area contributed by atoms with Crippen LogP contribution in [0.5, 0.6) is 0 Å². The van der Waals surface area contributed by atoms with Gasteiger partial charge in [0.2, 0.25) is 11.8 Å². The molecule has 3 aromatic rings. The fraction of sp³-hybridized carbons (Fsp3) is 0.560. The summed E-state index contributed by atoms with van der Waals surface area (Å²) in [6.07, 6.45) is 6.70. The summed E-state index contributed by atoms with van der Waals surface area (Å²) in [5.74, 6) is -1.13. The van der Waals surface area contributed by atoms with Crippen molar-refractivity contribution in [2.45, 2.75) is 141 Å². The Morgan fingerprint density at radius 1 is 0.631 bits per heavy atom. The van der Waals surface area contributed by atoms with Gasteiger partial charge in [0.25, 0.3) is 0 Å². The van der Waals surface area contributed by atoms with Gasteiger partial charge in [-0.3, -0.25) is 29.1 Å². The molecule has 4 amide bonds. The monoisotopic (exact) mass is 894 g/mol. The predicted molar refractivity (Wildman–Crippen MR) is 246 cm³/mol. The molecule has 350 valence electrons. The molecular weight excluding hydrogens is 827 g/mol. The van der Waals surface area contributed by atoms with Gasteiger partial charge in [0.15, 0.2) is 11.6 Å². The molecule has 3 saturated heterocycles. The molecule has 1 aromatic carbocycles. The van der Waals surface area contributed by atoms with E-state index in [9.17, 15) is 28.8 Å². The number of methoxy groups -OCH3 is 2. The van der Waals surface area contributed by atoms with E-state index in [0.29, 0.717) is 50.2 Å². The lowest BCUT2D eigenvalue weighted by Gasteiger charge is -2.34. The number of hydrogen-bond acceptors (Lipinski definition) is 11. The summed E-state index contributed by atoms with van der Waals surface area (Å²) in [5, 5.41) is 5.28. The van der Waals surface area contributed by atoms with Gasteiger partial charge >= 0.3 is 12.2 Å². The first-order valence-corrected chi connectivity index (χ1v) is 23.1. The number of benzene rings is 1. The van der Waals surface area contributed by atoms with Gasteiger partial charge in [0, 0.05) is 42.6 Å². The van der Waals surface area contributed by atoms with Gasteiger partial charge in [0.1, 0.15) is 12.1 Å². The van der Waals surface area contributed by atoms with E-state index in [1.807, 2.05) is 64.4 Å². The van der Waals surface area contributed by atoms with Gasteiger partial charge in [-0.15, -0.1) is 0 Å². The molecule has 2 aromatic heterocycles. The van der Waals surface area contributed by atoms with Crippen LogP contribution in [0.1, 0.15) is 127 Å². The number of ketones is 2. The van der Waals surface area contributed by atoms with Crippen molar-refractivity contribution in [1.29, 1.82) is 0 Å². The molecule has 3 aliphatic rings. The predicted octanol–water partition coefficient (Wildman–Crippen LogP) is 6.82. The summed E-state index contributed by atoms with van der Waals surface area (Å²) in [5.41, 5.74) is 5.55. The molecule has 65 heavy (non-hydrogen) atoms. The lowest BCUT2D eigenvalue weighted by atomic mass is 9.87. The van der Waals surface area contributed by atoms with Crippen LogP contribution < -0.4 is 15.5 Å². The number of carbonyl (C=O) groups is 6. The Balaban J connectivity index is 1.17. The van der Waals surface area contributed by atoms with Crippen LogP contribution in [-0.4, -0.2) is 107 Å². The minimum absolute atomic E-state index is 0.0193. The number of carbonyl (C=O) groups excluding carboxylic acids is 6. The summed E-state index contributed by atoms with van der Waals surface area (Å²) in [6.45, 7) is 14.9. The number of anilines is 1. The van der Waals surface area contributed by atoms with Crippen molar-refractivity contribution in [2.75, 3.05) is 32.2 Å². The second kappa shape index (κ2) is 21.0. The molecule has 2 unspecified atom stereocenters. The summed E-state index contributed by atoms with van der Waals surface area (Å²) < 4.78 is 9.49. The van der Waals surface area contributed by atoms with Crippen LogP contribution in [0.3, 0.4) is 0 Å². The molecule has 15 heteroatoms. The number of pyridine rings is 2. The molecule has 0 aliphatic carbocycles. The van der Waals surface area contributed by atoms with E-state index in [1.54, 1.807) is 9.80 Å². The molecule has 3 aliphatic heterocycles. The third kappa shape index (κ3) is 11.3. The number of likely N-dealkylation sites (tertiary alicyclic amines) is 2. The molecule has 2 N–H and O–H groups in total. The normalized spacial score (nSPS) is 20.8. The second-order valence-electron chi connectivity index (χ2n) is 19.4. The summed E-state index contributed by atoms with van der Waals surface area (Å²) in [4.78, 5) is 93.9. The number of aromatic nitrogens is 2. The Kier molecular flexibility index (Phi) is 15.7. The number of nitrogens with zero attached hydrogens (tertiary/aromatic N) is 5. The summed E-state index contributed by atoms with van der Waals surface area (Å²) in [6, 6.07) is 13.8. The van der Waals surface area contributed by atoms with Crippen LogP contribution in [0.15, 0.2) is 60.9 Å². The van der Waals surface area contributed by atoms with Crippen LogP contribution >= 0.6 is 0 Å². The number of hydrogen-bond donors (Lipinski definition) is 2. The molecule has 6 atom stereocenters. The van der Waals surface area contributed by atoms with E-state index in [4.69, 9.17) is 19.4 Å². The van der Waals surface area contributed by atoms with Gasteiger partial charge in [-0.2, -0.15) is 0 Å². The van der Waals surface area contributed by atoms with Crippen molar-refractivity contribution in [3.8, 4) is 0 Å². The third-order valence-electron chi connectivity index (χ3n) is 13.2. The largest absolute Gasteiger partial charge is 0.453 e. The number of amides is 4. The average molecular weight is 894 g/mol. The number of ether oxygens (including phenoxy) is 2. The zero-order valence-electron chi connectivity index (χ0n) is 39.5. The Morgan fingerprint density at radius 2 is 1.05 bits per heavy atom. The molecule has 0 spiro atoms. The van der Waals surface area contributed by atoms with E-state index >= 15 is 0 Å². The maximum Gasteiger partial charge on any atom is 0.407 e. The van der Waals surface area contributed by atoms with Gasteiger partial charge in [-0.1, -0.05) is 72.7 Å².